The topological polar surface area (TPSA) is 37.4 Å². The minimum Gasteiger partial charge on any atom is -0.224 e. The molecule has 0 saturated heterocycles. The fraction of sp³-hybridized carbons (Fsp3) is 0.273. The Labute approximate surface area is 98.4 Å². The Bertz CT molecular complexity index is 527. The maximum Gasteiger partial charge on any atom is 0.248 e. The maximum absolute atomic E-state index is 13.3. The van der Waals surface area contributed by atoms with Gasteiger partial charge in [-0.1, -0.05) is 17.7 Å². The number of halogens is 2. The average Bonchev–Trinajstić information content (AvgIpc) is 2.59. The number of rotatable bonds is 2. The standard InChI is InChI=1S/C11H11F2NO2S/c1-8-2-4-9(5-3-8)17(15,16)14-10(12)6-7-11(14)13/h2-7,10-11H,1H3. The molecule has 2 unspecified atom stereocenters. The van der Waals surface area contributed by atoms with Crippen molar-refractivity contribution in [2.45, 2.75) is 24.4 Å². The van der Waals surface area contributed by atoms with E-state index in [1.165, 1.54) is 12.1 Å². The van der Waals surface area contributed by atoms with E-state index in [2.05, 4.69) is 0 Å². The van der Waals surface area contributed by atoms with Crippen molar-refractivity contribution in [1.82, 2.24) is 4.31 Å². The smallest absolute Gasteiger partial charge is 0.224 e. The van der Waals surface area contributed by atoms with Crippen molar-refractivity contribution in [1.29, 1.82) is 0 Å². The first-order valence-corrected chi connectivity index (χ1v) is 6.43. The predicted octanol–water partition coefficient (Wildman–Crippen LogP) is 2.15. The first kappa shape index (κ1) is 12.2. The van der Waals surface area contributed by atoms with Gasteiger partial charge in [-0.05, 0) is 31.2 Å². The third-order valence-corrected chi connectivity index (χ3v) is 4.34. The van der Waals surface area contributed by atoms with Crippen LogP contribution >= 0.6 is 0 Å². The lowest BCUT2D eigenvalue weighted by Gasteiger charge is -2.20. The van der Waals surface area contributed by atoms with Gasteiger partial charge < -0.3 is 0 Å². The van der Waals surface area contributed by atoms with Gasteiger partial charge in [-0.3, -0.25) is 0 Å². The van der Waals surface area contributed by atoms with E-state index < -0.39 is 22.6 Å². The van der Waals surface area contributed by atoms with Gasteiger partial charge in [0.2, 0.25) is 10.0 Å². The molecule has 0 aliphatic carbocycles. The van der Waals surface area contributed by atoms with E-state index in [-0.39, 0.29) is 9.20 Å². The summed E-state index contributed by atoms with van der Waals surface area (Å²) in [7, 11) is -4.13. The quantitative estimate of drug-likeness (QED) is 0.603. The van der Waals surface area contributed by atoms with Crippen LogP contribution in [0.15, 0.2) is 41.3 Å². The molecule has 1 aromatic rings. The SMILES string of the molecule is Cc1ccc(S(=O)(=O)N2C(F)C=CC2F)cc1. The van der Waals surface area contributed by atoms with Crippen molar-refractivity contribution < 1.29 is 17.2 Å². The second-order valence-electron chi connectivity index (χ2n) is 3.78. The lowest BCUT2D eigenvalue weighted by molar-refractivity contribution is 0.137. The molecule has 1 aromatic carbocycles. The Morgan fingerprint density at radius 3 is 2.00 bits per heavy atom. The summed E-state index contributed by atoms with van der Waals surface area (Å²) < 4.78 is 50.8. The van der Waals surface area contributed by atoms with Gasteiger partial charge in [-0.2, -0.15) is 0 Å². The van der Waals surface area contributed by atoms with Gasteiger partial charge >= 0.3 is 0 Å². The molecule has 0 aromatic heterocycles. The van der Waals surface area contributed by atoms with Gasteiger partial charge in [0.1, 0.15) is 0 Å². The van der Waals surface area contributed by atoms with Crippen molar-refractivity contribution >= 4 is 10.0 Å². The lowest BCUT2D eigenvalue weighted by Crippen LogP contribution is -2.37. The first-order chi connectivity index (χ1) is 7.93. The molecule has 17 heavy (non-hydrogen) atoms. The fourth-order valence-corrected chi connectivity index (χ4v) is 2.98. The van der Waals surface area contributed by atoms with Gasteiger partial charge in [-0.25, -0.2) is 17.2 Å². The van der Waals surface area contributed by atoms with Crippen molar-refractivity contribution in [3.63, 3.8) is 0 Å². The van der Waals surface area contributed by atoms with E-state index in [0.717, 1.165) is 17.7 Å². The summed E-state index contributed by atoms with van der Waals surface area (Å²) in [5.74, 6) is 0. The minimum atomic E-state index is -4.13. The molecule has 3 nitrogen and oxygen atoms in total. The van der Waals surface area contributed by atoms with Gasteiger partial charge in [0.25, 0.3) is 0 Å². The number of hydrogen-bond acceptors (Lipinski definition) is 2. The van der Waals surface area contributed by atoms with Gasteiger partial charge in [-0.15, -0.1) is 4.31 Å². The molecule has 6 heteroatoms. The van der Waals surface area contributed by atoms with Crippen LogP contribution in [-0.2, 0) is 10.0 Å². The molecule has 0 spiro atoms. The molecule has 1 aliphatic heterocycles. The number of nitrogens with zero attached hydrogens (tertiary/aromatic N) is 1. The number of sulfonamides is 1. The zero-order valence-electron chi connectivity index (χ0n) is 9.05. The summed E-state index contributed by atoms with van der Waals surface area (Å²) in [5, 5.41) is 0. The van der Waals surface area contributed by atoms with Crippen LogP contribution in [0.2, 0.25) is 0 Å². The molecule has 0 saturated carbocycles. The third-order valence-electron chi connectivity index (χ3n) is 2.51. The summed E-state index contributed by atoms with van der Waals surface area (Å²) in [5.41, 5.74) is 0.872. The largest absolute Gasteiger partial charge is 0.248 e. The van der Waals surface area contributed by atoms with Crippen LogP contribution in [0.4, 0.5) is 8.78 Å². The van der Waals surface area contributed by atoms with E-state index in [9.17, 15) is 17.2 Å². The van der Waals surface area contributed by atoms with Crippen LogP contribution in [0.3, 0.4) is 0 Å². The van der Waals surface area contributed by atoms with Crippen LogP contribution in [0.5, 0.6) is 0 Å². The van der Waals surface area contributed by atoms with Gasteiger partial charge in [0, 0.05) is 0 Å². The average molecular weight is 259 g/mol. The Morgan fingerprint density at radius 2 is 1.53 bits per heavy atom. The molecule has 2 atom stereocenters. The van der Waals surface area contributed by atoms with Crippen molar-refractivity contribution in [3.05, 3.63) is 42.0 Å². The van der Waals surface area contributed by atoms with Crippen molar-refractivity contribution in [3.8, 4) is 0 Å². The highest BCUT2D eigenvalue weighted by Gasteiger charge is 2.39. The molecule has 1 aliphatic rings. The number of benzene rings is 1. The number of aryl methyl sites for hydroxylation is 1. The summed E-state index contributed by atoms with van der Waals surface area (Å²) in [4.78, 5) is -0.114. The molecule has 0 N–H and O–H groups in total. The lowest BCUT2D eigenvalue weighted by atomic mass is 10.2. The van der Waals surface area contributed by atoms with Gasteiger partial charge in [0.15, 0.2) is 12.6 Å². The monoisotopic (exact) mass is 259 g/mol. The first-order valence-electron chi connectivity index (χ1n) is 4.99. The van der Waals surface area contributed by atoms with E-state index in [1.54, 1.807) is 19.1 Å². The van der Waals surface area contributed by atoms with Crippen LogP contribution in [0.25, 0.3) is 0 Å². The second-order valence-corrected chi connectivity index (χ2v) is 5.62. The minimum absolute atomic E-state index is 0.114. The summed E-state index contributed by atoms with van der Waals surface area (Å²) >= 11 is 0. The molecule has 92 valence electrons. The number of hydrogen-bond donors (Lipinski definition) is 0. The molecule has 0 radical (unpaired) electrons. The third kappa shape index (κ3) is 2.10. The highest BCUT2D eigenvalue weighted by Crippen LogP contribution is 2.27. The Balaban J connectivity index is 2.40. The highest BCUT2D eigenvalue weighted by molar-refractivity contribution is 7.89. The maximum atomic E-state index is 13.3. The molecule has 0 amide bonds. The van der Waals surface area contributed by atoms with Crippen LogP contribution in [0.1, 0.15) is 5.56 Å². The molecular formula is C11H11F2NO2S. The molecule has 2 rings (SSSR count). The summed E-state index contributed by atoms with van der Waals surface area (Å²) in [6, 6.07) is 5.83. The normalized spacial score (nSPS) is 25.4. The van der Waals surface area contributed by atoms with E-state index in [0.29, 0.717) is 0 Å². The van der Waals surface area contributed by atoms with Crippen molar-refractivity contribution in [2.75, 3.05) is 0 Å². The van der Waals surface area contributed by atoms with Gasteiger partial charge in [0.05, 0.1) is 4.90 Å². The Hall–Kier alpha value is -1.27. The highest BCUT2D eigenvalue weighted by atomic mass is 32.2. The number of alkyl halides is 2. The van der Waals surface area contributed by atoms with Crippen LogP contribution in [-0.4, -0.2) is 25.3 Å². The fourth-order valence-electron chi connectivity index (χ4n) is 1.59. The van der Waals surface area contributed by atoms with Crippen molar-refractivity contribution in [2.24, 2.45) is 0 Å². The van der Waals surface area contributed by atoms with E-state index in [4.69, 9.17) is 0 Å². The molecular weight excluding hydrogens is 248 g/mol. The molecule has 0 bridgehead atoms. The second kappa shape index (κ2) is 4.19. The molecule has 1 heterocycles. The zero-order chi connectivity index (χ0) is 12.6. The Morgan fingerprint density at radius 1 is 1.06 bits per heavy atom. The summed E-state index contributed by atoms with van der Waals surface area (Å²) in [6.45, 7) is 1.80. The van der Waals surface area contributed by atoms with E-state index in [1.807, 2.05) is 0 Å². The van der Waals surface area contributed by atoms with Crippen LogP contribution in [0, 0.1) is 6.92 Å². The predicted molar refractivity (Wildman–Crippen MR) is 59.1 cm³/mol. The van der Waals surface area contributed by atoms with E-state index >= 15 is 0 Å². The van der Waals surface area contributed by atoms with Crippen LogP contribution < -0.4 is 0 Å². The Kier molecular flexibility index (Phi) is 3.01. The summed E-state index contributed by atoms with van der Waals surface area (Å²) in [6.07, 6.45) is -2.13. The molecule has 0 fully saturated rings. The zero-order valence-corrected chi connectivity index (χ0v) is 9.86.